The molecular formula is C106H122N20O11. The van der Waals surface area contributed by atoms with Gasteiger partial charge in [-0.3, -0.25) is 48.3 Å². The molecule has 0 saturated carbocycles. The number of aryl methyl sites for hydroxylation is 9. The van der Waals surface area contributed by atoms with Crippen LogP contribution in [0.25, 0.3) is 26.3 Å². The number of H-pyrrole nitrogens is 4. The maximum Gasteiger partial charge on any atom is 0.306 e. The van der Waals surface area contributed by atoms with E-state index in [2.05, 4.69) is 223 Å². The highest BCUT2D eigenvalue weighted by molar-refractivity contribution is 5.81. The molecule has 12 aromatic rings. The summed E-state index contributed by atoms with van der Waals surface area (Å²) in [5, 5.41) is 19.5. The number of carbonyl (C=O) groups is 3. The van der Waals surface area contributed by atoms with Gasteiger partial charge in [-0.05, 0) is 243 Å². The van der Waals surface area contributed by atoms with Crippen LogP contribution in [-0.2, 0) is 45.3 Å². The Morgan fingerprint density at radius 3 is 0.985 bits per heavy atom. The Morgan fingerprint density at radius 2 is 0.664 bits per heavy atom. The first-order valence-corrected chi connectivity index (χ1v) is 45.9. The van der Waals surface area contributed by atoms with Gasteiger partial charge in [0.05, 0.1) is 59.0 Å². The molecule has 137 heavy (non-hydrogen) atoms. The van der Waals surface area contributed by atoms with Crippen LogP contribution in [0, 0.1) is 62.3 Å². The molecule has 8 heterocycles. The fourth-order valence-electron chi connectivity index (χ4n) is 16.5. The van der Waals surface area contributed by atoms with Gasteiger partial charge in [0.25, 0.3) is 22.2 Å². The Balaban J connectivity index is 0.000000155. The summed E-state index contributed by atoms with van der Waals surface area (Å²) >= 11 is 0. The van der Waals surface area contributed by atoms with Gasteiger partial charge >= 0.3 is 17.9 Å². The lowest BCUT2D eigenvalue weighted by Gasteiger charge is -2.31. The van der Waals surface area contributed by atoms with Crippen molar-refractivity contribution in [2.24, 2.45) is 20.0 Å². The number of aromatic amines is 4. The van der Waals surface area contributed by atoms with Crippen LogP contribution in [0.15, 0.2) is 197 Å². The number of nitrogens with zero attached hydrogens (tertiary/aromatic N) is 16. The average Bonchev–Trinajstić information content (AvgIpc) is 0.768. The maximum absolute atomic E-state index is 12.8. The molecule has 0 amide bonds. The molecule has 4 aliphatic rings. The van der Waals surface area contributed by atoms with Crippen LogP contribution in [0.3, 0.4) is 0 Å². The molecule has 31 heteroatoms. The van der Waals surface area contributed by atoms with E-state index in [1.807, 2.05) is 150 Å². The van der Waals surface area contributed by atoms with Gasteiger partial charge in [-0.1, -0.05) is 129 Å². The summed E-state index contributed by atoms with van der Waals surface area (Å²) in [5.74, 6) is 1.000. The van der Waals surface area contributed by atoms with E-state index in [1.165, 1.54) is 22.3 Å². The monoisotopic (exact) mass is 1850 g/mol. The summed E-state index contributed by atoms with van der Waals surface area (Å²) in [4.78, 5) is 150. The molecule has 0 bridgehead atoms. The van der Waals surface area contributed by atoms with E-state index in [1.54, 1.807) is 7.11 Å². The number of aromatic nitrogens is 8. The minimum Gasteiger partial charge on any atom is -0.497 e. The molecule has 4 aromatic heterocycles. The molecule has 0 fully saturated rings. The molecule has 8 aromatic carbocycles. The molecule has 16 rings (SSSR count). The van der Waals surface area contributed by atoms with Crippen molar-refractivity contribution >= 4 is 113 Å². The fourth-order valence-corrected chi connectivity index (χ4v) is 16.5. The smallest absolute Gasteiger partial charge is 0.306 e. The lowest BCUT2D eigenvalue weighted by atomic mass is 10.1. The van der Waals surface area contributed by atoms with Crippen molar-refractivity contribution in [3.05, 3.63) is 315 Å². The zero-order valence-electron chi connectivity index (χ0n) is 80.7. The Kier molecular flexibility index (Phi) is 32.4. The van der Waals surface area contributed by atoms with Gasteiger partial charge in [0.1, 0.15) is 33.3 Å². The lowest BCUT2D eigenvalue weighted by molar-refractivity contribution is -0.155. The summed E-state index contributed by atoms with van der Waals surface area (Å²) in [6.45, 7) is 49.1. The van der Waals surface area contributed by atoms with Gasteiger partial charge in [-0.15, -0.1) is 0 Å². The standard InChI is InChI=1S/C31H39N5O3.C27H31N5O4.C25H27N5O3.C23H25N5O/c1-20-10-12-24(13-11-20)19-35(14-8-9-27(37)39-31(5,6)7)15-16-36-26-18-22(3)21(2)17-25(26)34-28-29(36)32-23(4)33-30(28)38;1-17-14-22-23(15-18(17)2)32(26-25(30-22)27(35)29-19(3)28-26)13-12-31(11-5-6-24(33)34)16-20-7-9-21(36-4)10-8-20;1-16-13-20-21(14-17(16)2)30(24-23(28-20)25(33)27-18(3)26-24)12-11-29(10-9-22(31)32)15-19-7-5-4-6-8-19;1-15-12-19-20(13-16(15)2)28(22-21(26-19)23(29)25-17(3)24-22)11-10-27(4)14-18-8-6-5-7-9-18/h10-13,17-18H,4,8-9,14-16,19H2,1-3,5-7H3,(H,33,38);7-10,14-15H,3,5-6,11-13,16H2,1-2,4H3,(H,29,35)(H,33,34);4-8,13-14H,3,9-12,15H2,1-2H3,(H,27,33)(H,31,32);5-9,12-13H,3,10-11,14H2,1-2,4H3,(H,25,29). The normalized spacial score (nSPS) is 12.4. The van der Waals surface area contributed by atoms with Crippen LogP contribution < -0.4 is 89.9 Å². The Hall–Kier alpha value is -14.8. The SMILES string of the molecule is C=c1nc2c(c(=O)[nH]1)=Nc1cc(C)c(C)cc1N2CCN(C)Cc1ccccc1.C=c1nc2c(c(=O)[nH]1)=Nc1cc(C)c(C)cc1N2CCN(CCC(=O)O)Cc1ccccc1.C=c1nc2c(c(=O)[nH]1)=Nc1cc(C)c(C)cc1N2CCN(CCCC(=O)O)Cc1ccc(OC)cc1.C=c1nc2c(c(=O)[nH]1)=Nc1cc(C)c(C)cc1N2CCN(CCCC(=O)OC(C)(C)C)Cc1ccc(C)cc1. The van der Waals surface area contributed by atoms with E-state index >= 15 is 0 Å². The highest BCUT2D eigenvalue weighted by Crippen LogP contribution is 2.41. The number of esters is 1. The molecule has 0 saturated heterocycles. The number of carboxylic acid groups (broad SMARTS) is 2. The molecular weight excluding hydrogens is 1730 g/mol. The topological polar surface area (TPSA) is 368 Å². The number of fused-ring (bicyclic) bond motifs is 8. The molecule has 31 nitrogen and oxygen atoms in total. The summed E-state index contributed by atoms with van der Waals surface area (Å²) in [5.41, 5.74) is 21.1. The molecule has 712 valence electrons. The third-order valence-corrected chi connectivity index (χ3v) is 24.2. The Bertz CT molecular complexity index is 7230. The van der Waals surface area contributed by atoms with E-state index in [-0.39, 0.29) is 62.7 Å². The molecule has 0 aliphatic carbocycles. The first-order valence-electron chi connectivity index (χ1n) is 45.9. The number of aliphatic carboxylic acids is 2. The van der Waals surface area contributed by atoms with E-state index < -0.39 is 17.5 Å². The number of rotatable bonds is 32. The highest BCUT2D eigenvalue weighted by atomic mass is 16.6. The van der Waals surface area contributed by atoms with E-state index in [0.717, 1.165) is 127 Å². The minimum atomic E-state index is -0.832. The second-order valence-electron chi connectivity index (χ2n) is 36.2. The van der Waals surface area contributed by atoms with Crippen molar-refractivity contribution in [1.29, 1.82) is 0 Å². The summed E-state index contributed by atoms with van der Waals surface area (Å²) in [6, 6.07) is 53.1. The van der Waals surface area contributed by atoms with E-state index in [4.69, 9.17) is 14.6 Å². The molecule has 0 radical (unpaired) electrons. The molecule has 0 atom stereocenters. The molecule has 0 unspecified atom stereocenters. The van der Waals surface area contributed by atoms with Crippen LogP contribution >= 0.6 is 0 Å². The second kappa shape index (κ2) is 44.6. The maximum atomic E-state index is 12.8. The average molecular weight is 1850 g/mol. The zero-order chi connectivity index (χ0) is 98.2. The van der Waals surface area contributed by atoms with E-state index in [0.29, 0.717) is 136 Å². The summed E-state index contributed by atoms with van der Waals surface area (Å²) in [7, 11) is 3.73. The molecule has 0 spiro atoms. The van der Waals surface area contributed by atoms with Crippen molar-refractivity contribution in [2.45, 2.75) is 147 Å². The number of carbonyl (C=O) groups excluding carboxylic acids is 1. The van der Waals surface area contributed by atoms with Crippen LogP contribution in [0.5, 0.6) is 5.75 Å². The predicted molar refractivity (Wildman–Crippen MR) is 538 cm³/mol. The first-order chi connectivity index (χ1) is 65.4. The van der Waals surface area contributed by atoms with Gasteiger partial charge in [0.2, 0.25) is 0 Å². The van der Waals surface area contributed by atoms with Gasteiger partial charge in [-0.2, -0.15) is 0 Å². The number of carboxylic acids is 2. The number of anilines is 8. The summed E-state index contributed by atoms with van der Waals surface area (Å²) < 4.78 is 10.8. The minimum absolute atomic E-state index is 0.0502. The fraction of sp³-hybridized carbons (Fsp3) is 0.330. The highest BCUT2D eigenvalue weighted by Gasteiger charge is 2.31. The lowest BCUT2D eigenvalue weighted by Crippen LogP contribution is -2.44. The van der Waals surface area contributed by atoms with Crippen LogP contribution in [-0.4, -0.2) is 179 Å². The van der Waals surface area contributed by atoms with E-state index in [9.17, 15) is 38.7 Å². The van der Waals surface area contributed by atoms with Crippen molar-refractivity contribution in [1.82, 2.24) is 59.5 Å². The number of likely N-dealkylation sites (N-methyl/N-ethyl adjacent to an activating group) is 1. The van der Waals surface area contributed by atoms with Crippen molar-refractivity contribution < 1.29 is 34.1 Å². The van der Waals surface area contributed by atoms with Gasteiger partial charge in [0, 0.05) is 97.9 Å². The second-order valence-corrected chi connectivity index (χ2v) is 36.2. The third kappa shape index (κ3) is 26.0. The summed E-state index contributed by atoms with van der Waals surface area (Å²) in [6.07, 6.45) is 1.73. The zero-order valence-corrected chi connectivity index (χ0v) is 80.7. The van der Waals surface area contributed by atoms with Crippen molar-refractivity contribution in [2.75, 3.05) is 106 Å². The van der Waals surface area contributed by atoms with Crippen molar-refractivity contribution in [3.63, 3.8) is 0 Å². The largest absolute Gasteiger partial charge is 0.497 e. The van der Waals surface area contributed by atoms with Gasteiger partial charge < -0.3 is 64.1 Å². The van der Waals surface area contributed by atoms with Gasteiger partial charge in [0.15, 0.2) is 44.7 Å². The predicted octanol–water partition coefficient (Wildman–Crippen LogP) is 11.2. The number of nitrogens with one attached hydrogen (secondary N) is 4. The number of methoxy groups -OCH3 is 1. The number of hydrogen-bond acceptors (Lipinski definition) is 25. The third-order valence-electron chi connectivity index (χ3n) is 24.2. The Morgan fingerprint density at radius 1 is 0.372 bits per heavy atom. The Labute approximate surface area is 795 Å². The molecule has 4 aliphatic heterocycles. The number of benzene rings is 8. The molecule has 6 N–H and O–H groups in total. The van der Waals surface area contributed by atoms with Crippen LogP contribution in [0.2, 0.25) is 0 Å². The number of hydrogen-bond donors (Lipinski definition) is 6. The van der Waals surface area contributed by atoms with Gasteiger partial charge in [-0.25, -0.2) is 39.9 Å². The van der Waals surface area contributed by atoms with Crippen LogP contribution in [0.4, 0.5) is 68.8 Å². The first kappa shape index (κ1) is 99.7. The quantitative estimate of drug-likeness (QED) is 0.0213. The van der Waals surface area contributed by atoms with Crippen LogP contribution in [0.1, 0.15) is 125 Å². The van der Waals surface area contributed by atoms with Crippen molar-refractivity contribution in [3.8, 4) is 5.75 Å². The number of ether oxygens (including phenoxy) is 2.